The van der Waals surface area contributed by atoms with Crippen LogP contribution in [0.15, 0.2) is 30.3 Å². The molecule has 3 nitrogen and oxygen atoms in total. The summed E-state index contributed by atoms with van der Waals surface area (Å²) in [7, 11) is 1.54. The Bertz CT molecular complexity index is 675. The molecule has 2 rings (SSSR count). The molecule has 0 aliphatic carbocycles. The van der Waals surface area contributed by atoms with Gasteiger partial charge >= 0.3 is 0 Å². The van der Waals surface area contributed by atoms with E-state index in [9.17, 15) is 4.39 Å². The Morgan fingerprint density at radius 2 is 1.96 bits per heavy atom. The Morgan fingerprint density at radius 1 is 1.17 bits per heavy atom. The van der Waals surface area contributed by atoms with Crippen LogP contribution in [-0.2, 0) is 13.2 Å². The third-order valence-corrected chi connectivity index (χ3v) is 4.10. The average Bonchev–Trinajstić information content (AvgIpc) is 2.55. The van der Waals surface area contributed by atoms with Crippen LogP contribution in [0.2, 0.25) is 10.0 Å². The fourth-order valence-electron chi connectivity index (χ4n) is 2.24. The smallest absolute Gasteiger partial charge is 0.180 e. The summed E-state index contributed by atoms with van der Waals surface area (Å²) in [5.74, 6) is 0.457. The standard InChI is InChI=1S/C18H20Cl2FNO2/c1-3-7-22-10-12-8-15(20)18(17(9-12)23-2)24-11-13-14(19)5-4-6-16(13)21/h4-6,8-9,22H,3,7,10-11H2,1-2H3. The van der Waals surface area contributed by atoms with E-state index in [-0.39, 0.29) is 12.2 Å². The van der Waals surface area contributed by atoms with E-state index in [0.717, 1.165) is 18.5 Å². The van der Waals surface area contributed by atoms with E-state index in [2.05, 4.69) is 12.2 Å². The second kappa shape index (κ2) is 9.11. The van der Waals surface area contributed by atoms with Gasteiger partial charge < -0.3 is 14.8 Å². The Labute approximate surface area is 151 Å². The van der Waals surface area contributed by atoms with Crippen molar-refractivity contribution >= 4 is 23.2 Å². The molecule has 2 aromatic rings. The zero-order valence-corrected chi connectivity index (χ0v) is 15.2. The first kappa shape index (κ1) is 18.8. The molecule has 0 aliphatic rings. The maximum absolute atomic E-state index is 13.8. The summed E-state index contributed by atoms with van der Waals surface area (Å²) in [6.07, 6.45) is 1.05. The highest BCUT2D eigenvalue weighted by Gasteiger charge is 2.14. The summed E-state index contributed by atoms with van der Waals surface area (Å²) in [6, 6.07) is 8.17. The Kier molecular flexibility index (Phi) is 7.16. The number of halogens is 3. The van der Waals surface area contributed by atoms with Gasteiger partial charge in [0.05, 0.1) is 17.2 Å². The molecule has 6 heteroatoms. The summed E-state index contributed by atoms with van der Waals surface area (Å²) in [5.41, 5.74) is 1.27. The molecule has 0 amide bonds. The summed E-state index contributed by atoms with van der Waals surface area (Å²) in [4.78, 5) is 0. The van der Waals surface area contributed by atoms with E-state index in [4.69, 9.17) is 32.7 Å². The minimum atomic E-state index is -0.419. The topological polar surface area (TPSA) is 30.5 Å². The van der Waals surface area contributed by atoms with E-state index < -0.39 is 5.82 Å². The van der Waals surface area contributed by atoms with Crippen LogP contribution < -0.4 is 14.8 Å². The normalized spacial score (nSPS) is 10.7. The number of hydrogen-bond acceptors (Lipinski definition) is 3. The zero-order valence-electron chi connectivity index (χ0n) is 13.7. The zero-order chi connectivity index (χ0) is 17.5. The molecule has 0 fully saturated rings. The van der Waals surface area contributed by atoms with Gasteiger partial charge in [-0.2, -0.15) is 0 Å². The fourth-order valence-corrected chi connectivity index (χ4v) is 2.74. The van der Waals surface area contributed by atoms with Crippen molar-refractivity contribution in [3.05, 3.63) is 57.3 Å². The Morgan fingerprint density at radius 3 is 2.62 bits per heavy atom. The largest absolute Gasteiger partial charge is 0.493 e. The summed E-state index contributed by atoms with van der Waals surface area (Å²) in [5, 5.41) is 4.02. The minimum Gasteiger partial charge on any atom is -0.493 e. The van der Waals surface area contributed by atoms with E-state index in [0.29, 0.717) is 28.1 Å². The molecule has 0 atom stereocenters. The predicted molar refractivity (Wildman–Crippen MR) is 95.7 cm³/mol. The summed E-state index contributed by atoms with van der Waals surface area (Å²) >= 11 is 12.3. The fraction of sp³-hybridized carbons (Fsp3) is 0.333. The van der Waals surface area contributed by atoms with Crippen molar-refractivity contribution in [1.82, 2.24) is 5.32 Å². The average molecular weight is 372 g/mol. The summed E-state index contributed by atoms with van der Waals surface area (Å²) in [6.45, 7) is 3.67. The van der Waals surface area contributed by atoms with Gasteiger partial charge in [-0.15, -0.1) is 0 Å². The number of nitrogens with one attached hydrogen (secondary N) is 1. The highest BCUT2D eigenvalue weighted by molar-refractivity contribution is 6.32. The van der Waals surface area contributed by atoms with Gasteiger partial charge in [-0.3, -0.25) is 0 Å². The van der Waals surface area contributed by atoms with Gasteiger partial charge in [-0.05, 0) is 42.8 Å². The van der Waals surface area contributed by atoms with Gasteiger partial charge in [0, 0.05) is 12.1 Å². The number of ether oxygens (including phenoxy) is 2. The lowest BCUT2D eigenvalue weighted by atomic mass is 10.2. The van der Waals surface area contributed by atoms with Crippen LogP contribution in [0.3, 0.4) is 0 Å². The Balaban J connectivity index is 2.17. The van der Waals surface area contributed by atoms with Crippen molar-refractivity contribution in [2.75, 3.05) is 13.7 Å². The third kappa shape index (κ3) is 4.76. The summed E-state index contributed by atoms with van der Waals surface area (Å²) < 4.78 is 24.9. The number of rotatable bonds is 8. The van der Waals surface area contributed by atoms with E-state index in [1.165, 1.54) is 13.2 Å². The maximum atomic E-state index is 13.8. The van der Waals surface area contributed by atoms with E-state index in [1.807, 2.05) is 12.1 Å². The second-order valence-corrected chi connectivity index (χ2v) is 6.09. The number of methoxy groups -OCH3 is 1. The first-order valence-electron chi connectivity index (χ1n) is 7.69. The van der Waals surface area contributed by atoms with Crippen molar-refractivity contribution in [2.24, 2.45) is 0 Å². The molecule has 24 heavy (non-hydrogen) atoms. The molecule has 1 N–H and O–H groups in total. The lowest BCUT2D eigenvalue weighted by Crippen LogP contribution is -2.14. The first-order valence-corrected chi connectivity index (χ1v) is 8.45. The van der Waals surface area contributed by atoms with Gasteiger partial charge in [-0.25, -0.2) is 4.39 Å². The number of hydrogen-bond donors (Lipinski definition) is 1. The highest BCUT2D eigenvalue weighted by Crippen LogP contribution is 2.37. The van der Waals surface area contributed by atoms with Crippen molar-refractivity contribution in [1.29, 1.82) is 0 Å². The molecule has 0 radical (unpaired) electrons. The highest BCUT2D eigenvalue weighted by atomic mass is 35.5. The molecule has 0 saturated heterocycles. The van der Waals surface area contributed by atoms with Gasteiger partial charge in [0.25, 0.3) is 0 Å². The molecular formula is C18H20Cl2FNO2. The molecule has 0 saturated carbocycles. The molecule has 2 aromatic carbocycles. The maximum Gasteiger partial charge on any atom is 0.180 e. The number of benzene rings is 2. The monoisotopic (exact) mass is 371 g/mol. The minimum absolute atomic E-state index is 0.0327. The van der Waals surface area contributed by atoms with Gasteiger partial charge in [0.15, 0.2) is 11.5 Å². The van der Waals surface area contributed by atoms with Crippen molar-refractivity contribution in [2.45, 2.75) is 26.5 Å². The van der Waals surface area contributed by atoms with Crippen LogP contribution >= 0.6 is 23.2 Å². The molecule has 0 unspecified atom stereocenters. The molecule has 130 valence electrons. The van der Waals surface area contributed by atoms with Crippen molar-refractivity contribution < 1.29 is 13.9 Å². The van der Waals surface area contributed by atoms with Crippen LogP contribution in [0.5, 0.6) is 11.5 Å². The second-order valence-electron chi connectivity index (χ2n) is 5.27. The first-order chi connectivity index (χ1) is 11.6. The Hall–Kier alpha value is -1.49. The van der Waals surface area contributed by atoms with Crippen LogP contribution in [0, 0.1) is 5.82 Å². The van der Waals surface area contributed by atoms with Crippen LogP contribution in [-0.4, -0.2) is 13.7 Å². The molecule has 0 spiro atoms. The molecule has 0 bridgehead atoms. The van der Waals surface area contributed by atoms with Crippen molar-refractivity contribution in [3.63, 3.8) is 0 Å². The third-order valence-electron chi connectivity index (χ3n) is 3.47. The molecule has 0 aliphatic heterocycles. The van der Waals surface area contributed by atoms with E-state index >= 15 is 0 Å². The van der Waals surface area contributed by atoms with Crippen molar-refractivity contribution in [3.8, 4) is 11.5 Å². The molecular weight excluding hydrogens is 352 g/mol. The van der Waals surface area contributed by atoms with Gasteiger partial charge in [-0.1, -0.05) is 36.2 Å². The predicted octanol–water partition coefficient (Wildman–Crippen LogP) is 5.22. The molecule has 0 heterocycles. The SMILES string of the molecule is CCCNCc1cc(Cl)c(OCc2c(F)cccc2Cl)c(OC)c1. The quantitative estimate of drug-likeness (QED) is 0.645. The lowest BCUT2D eigenvalue weighted by molar-refractivity contribution is 0.280. The van der Waals surface area contributed by atoms with E-state index in [1.54, 1.807) is 12.1 Å². The lowest BCUT2D eigenvalue weighted by Gasteiger charge is -2.15. The van der Waals surface area contributed by atoms with Crippen LogP contribution in [0.4, 0.5) is 4.39 Å². The molecule has 0 aromatic heterocycles. The van der Waals surface area contributed by atoms with Crippen LogP contribution in [0.25, 0.3) is 0 Å². The van der Waals surface area contributed by atoms with Gasteiger partial charge in [0.2, 0.25) is 0 Å². The van der Waals surface area contributed by atoms with Crippen LogP contribution in [0.1, 0.15) is 24.5 Å². The van der Waals surface area contributed by atoms with Gasteiger partial charge in [0.1, 0.15) is 12.4 Å².